The van der Waals surface area contributed by atoms with Gasteiger partial charge in [0, 0.05) is 30.9 Å². The Kier molecular flexibility index (Phi) is 4.09. The zero-order chi connectivity index (χ0) is 15.7. The summed E-state index contributed by atoms with van der Waals surface area (Å²) >= 11 is 0. The van der Waals surface area contributed by atoms with E-state index in [1.54, 1.807) is 4.52 Å². The van der Waals surface area contributed by atoms with Crippen LogP contribution < -0.4 is 0 Å². The molecule has 22 heavy (non-hydrogen) atoms. The van der Waals surface area contributed by atoms with Crippen LogP contribution in [0.1, 0.15) is 43.1 Å². The number of hydrogen-bond donors (Lipinski definition) is 0. The second kappa shape index (κ2) is 6.02. The summed E-state index contributed by atoms with van der Waals surface area (Å²) in [4.78, 5) is 23.0. The summed E-state index contributed by atoms with van der Waals surface area (Å²) < 4.78 is 1.75. The molecule has 1 amide bonds. The summed E-state index contributed by atoms with van der Waals surface area (Å²) in [7, 11) is 0. The smallest absolute Gasteiger partial charge is 0.252 e. The van der Waals surface area contributed by atoms with Crippen LogP contribution >= 0.6 is 0 Å². The molecule has 0 atom stereocenters. The normalized spacial score (nSPS) is 16.4. The molecule has 1 fully saturated rings. The van der Waals surface area contributed by atoms with Gasteiger partial charge in [-0.15, -0.1) is 0 Å². The van der Waals surface area contributed by atoms with Crippen molar-refractivity contribution in [3.05, 3.63) is 23.3 Å². The molecule has 6 heteroatoms. The summed E-state index contributed by atoms with van der Waals surface area (Å²) in [6.45, 7) is 8.05. The van der Waals surface area contributed by atoms with Crippen LogP contribution in [0.2, 0.25) is 0 Å². The molecule has 0 saturated carbocycles. The maximum absolute atomic E-state index is 12.4. The van der Waals surface area contributed by atoms with Crippen molar-refractivity contribution in [2.75, 3.05) is 13.1 Å². The van der Waals surface area contributed by atoms with E-state index in [4.69, 9.17) is 0 Å². The van der Waals surface area contributed by atoms with Crippen LogP contribution in [-0.4, -0.2) is 43.5 Å². The zero-order valence-electron chi connectivity index (χ0n) is 13.5. The molecule has 1 saturated heterocycles. The molecular formula is C16H23N5O. The topological polar surface area (TPSA) is 63.4 Å². The van der Waals surface area contributed by atoms with Gasteiger partial charge in [0.1, 0.15) is 6.33 Å². The number of piperidine rings is 1. The molecule has 1 aliphatic heterocycles. The third kappa shape index (κ3) is 2.82. The van der Waals surface area contributed by atoms with Crippen molar-refractivity contribution in [3.63, 3.8) is 0 Å². The first-order chi connectivity index (χ1) is 10.6. The van der Waals surface area contributed by atoms with Crippen LogP contribution in [0.3, 0.4) is 0 Å². The van der Waals surface area contributed by atoms with E-state index in [1.807, 2.05) is 18.7 Å². The number of carbonyl (C=O) groups excluding carboxylic acids is 1. The van der Waals surface area contributed by atoms with Crippen molar-refractivity contribution < 1.29 is 4.79 Å². The average Bonchev–Trinajstić information content (AvgIpc) is 2.96. The SMILES string of the molecule is Cc1nc2ncnn2c(C)c1CCC(=O)N1CCC(C)CC1. The Morgan fingerprint density at radius 3 is 2.77 bits per heavy atom. The largest absolute Gasteiger partial charge is 0.343 e. The van der Waals surface area contributed by atoms with Gasteiger partial charge in [0.25, 0.3) is 5.78 Å². The molecule has 0 bridgehead atoms. The Morgan fingerprint density at radius 2 is 2.05 bits per heavy atom. The first-order valence-electron chi connectivity index (χ1n) is 8.00. The van der Waals surface area contributed by atoms with Crippen LogP contribution in [0.4, 0.5) is 0 Å². The van der Waals surface area contributed by atoms with E-state index in [9.17, 15) is 4.79 Å². The van der Waals surface area contributed by atoms with E-state index in [0.29, 0.717) is 18.6 Å². The Balaban J connectivity index is 1.70. The predicted molar refractivity (Wildman–Crippen MR) is 83.6 cm³/mol. The van der Waals surface area contributed by atoms with E-state index < -0.39 is 0 Å². The van der Waals surface area contributed by atoms with Crippen LogP contribution in [0.5, 0.6) is 0 Å². The number of likely N-dealkylation sites (tertiary alicyclic amines) is 1. The first kappa shape index (κ1) is 14.9. The number of carbonyl (C=O) groups is 1. The van der Waals surface area contributed by atoms with Gasteiger partial charge in [-0.25, -0.2) is 9.50 Å². The fourth-order valence-corrected chi connectivity index (χ4v) is 3.17. The lowest BCUT2D eigenvalue weighted by atomic mass is 9.98. The minimum Gasteiger partial charge on any atom is -0.343 e. The van der Waals surface area contributed by atoms with E-state index in [2.05, 4.69) is 22.0 Å². The van der Waals surface area contributed by atoms with Gasteiger partial charge in [0.05, 0.1) is 0 Å². The highest BCUT2D eigenvalue weighted by molar-refractivity contribution is 5.76. The maximum Gasteiger partial charge on any atom is 0.252 e. The maximum atomic E-state index is 12.4. The fourth-order valence-electron chi connectivity index (χ4n) is 3.17. The van der Waals surface area contributed by atoms with Gasteiger partial charge < -0.3 is 4.90 Å². The molecule has 0 aliphatic carbocycles. The zero-order valence-corrected chi connectivity index (χ0v) is 13.5. The van der Waals surface area contributed by atoms with E-state index >= 15 is 0 Å². The van der Waals surface area contributed by atoms with Crippen LogP contribution in [0.15, 0.2) is 6.33 Å². The molecule has 3 rings (SSSR count). The average molecular weight is 301 g/mol. The molecule has 1 aliphatic rings. The molecule has 2 aromatic heterocycles. The molecule has 3 heterocycles. The summed E-state index contributed by atoms with van der Waals surface area (Å²) in [6.07, 6.45) is 5.01. The van der Waals surface area contributed by atoms with Crippen molar-refractivity contribution >= 4 is 11.7 Å². The van der Waals surface area contributed by atoms with Crippen LogP contribution in [0.25, 0.3) is 5.78 Å². The van der Waals surface area contributed by atoms with Crippen molar-refractivity contribution in [1.29, 1.82) is 0 Å². The highest BCUT2D eigenvalue weighted by Gasteiger charge is 2.21. The minimum absolute atomic E-state index is 0.254. The fraction of sp³-hybridized carbons (Fsp3) is 0.625. The molecule has 2 aromatic rings. The van der Waals surface area contributed by atoms with Gasteiger partial charge in [-0.05, 0) is 44.6 Å². The van der Waals surface area contributed by atoms with Crippen molar-refractivity contribution in [3.8, 4) is 0 Å². The van der Waals surface area contributed by atoms with Gasteiger partial charge in [-0.2, -0.15) is 10.1 Å². The van der Waals surface area contributed by atoms with Crippen molar-refractivity contribution in [1.82, 2.24) is 24.5 Å². The van der Waals surface area contributed by atoms with Crippen molar-refractivity contribution in [2.45, 2.75) is 46.5 Å². The summed E-state index contributed by atoms with van der Waals surface area (Å²) in [5.41, 5.74) is 3.08. The second-order valence-electron chi connectivity index (χ2n) is 6.30. The van der Waals surface area contributed by atoms with Gasteiger partial charge in [-0.3, -0.25) is 4.79 Å². The third-order valence-corrected chi connectivity index (χ3v) is 4.71. The molecule has 0 aromatic carbocycles. The number of aryl methyl sites for hydroxylation is 2. The van der Waals surface area contributed by atoms with Crippen LogP contribution in [-0.2, 0) is 11.2 Å². The Bertz CT molecular complexity index is 685. The number of nitrogens with zero attached hydrogens (tertiary/aromatic N) is 5. The highest BCUT2D eigenvalue weighted by atomic mass is 16.2. The van der Waals surface area contributed by atoms with Gasteiger partial charge in [-0.1, -0.05) is 6.92 Å². The van der Waals surface area contributed by atoms with Crippen LogP contribution in [0, 0.1) is 19.8 Å². The van der Waals surface area contributed by atoms with E-state index in [-0.39, 0.29) is 5.91 Å². The van der Waals surface area contributed by atoms with Gasteiger partial charge >= 0.3 is 0 Å². The number of rotatable bonds is 3. The lowest BCUT2D eigenvalue weighted by Gasteiger charge is -2.30. The monoisotopic (exact) mass is 301 g/mol. The van der Waals surface area contributed by atoms with Gasteiger partial charge in [0.2, 0.25) is 5.91 Å². The quantitative estimate of drug-likeness (QED) is 0.869. The standard InChI is InChI=1S/C16H23N5O/c1-11-6-8-20(9-7-11)15(22)5-4-14-12(2)19-16-17-10-18-21(16)13(14)3/h10-11H,4-9H2,1-3H3. The Morgan fingerprint density at radius 1 is 1.32 bits per heavy atom. The molecular weight excluding hydrogens is 278 g/mol. The molecule has 0 spiro atoms. The first-order valence-corrected chi connectivity index (χ1v) is 8.00. The van der Waals surface area contributed by atoms with Crippen molar-refractivity contribution in [2.24, 2.45) is 5.92 Å². The second-order valence-corrected chi connectivity index (χ2v) is 6.30. The van der Waals surface area contributed by atoms with E-state index in [0.717, 1.165) is 48.8 Å². The molecule has 0 radical (unpaired) electrons. The number of hydrogen-bond acceptors (Lipinski definition) is 4. The molecule has 6 nitrogen and oxygen atoms in total. The number of amides is 1. The highest BCUT2D eigenvalue weighted by Crippen LogP contribution is 2.19. The summed E-state index contributed by atoms with van der Waals surface area (Å²) in [5, 5.41) is 4.19. The van der Waals surface area contributed by atoms with E-state index in [1.165, 1.54) is 6.33 Å². The minimum atomic E-state index is 0.254. The Hall–Kier alpha value is -1.98. The lowest BCUT2D eigenvalue weighted by molar-refractivity contribution is -0.132. The molecule has 0 N–H and O–H groups in total. The number of fused-ring (bicyclic) bond motifs is 1. The summed E-state index contributed by atoms with van der Waals surface area (Å²) in [5.74, 6) is 1.62. The lowest BCUT2D eigenvalue weighted by Crippen LogP contribution is -2.38. The molecule has 0 unspecified atom stereocenters. The molecule has 118 valence electrons. The number of aromatic nitrogens is 4. The predicted octanol–water partition coefficient (Wildman–Crippen LogP) is 1.93. The third-order valence-electron chi connectivity index (χ3n) is 4.71. The van der Waals surface area contributed by atoms with Gasteiger partial charge in [0.15, 0.2) is 0 Å². The summed E-state index contributed by atoms with van der Waals surface area (Å²) in [6, 6.07) is 0. The Labute approximate surface area is 130 Å².